The van der Waals surface area contributed by atoms with Gasteiger partial charge in [0.15, 0.2) is 23.2 Å². The molecule has 0 saturated carbocycles. The Balaban J connectivity index is 1.28. The number of hydrogen-bond donors (Lipinski definition) is 1. The molecule has 196 valence electrons. The first kappa shape index (κ1) is 25.9. The molecule has 0 aliphatic heterocycles. The minimum atomic E-state index is -0.609. The molecule has 1 N–H and O–H groups in total. The molecule has 0 radical (unpaired) electrons. The average Bonchev–Trinajstić information content (AvgIpc) is 3.43. The number of hydrogen-bond acceptors (Lipinski definition) is 8. The van der Waals surface area contributed by atoms with Crippen molar-refractivity contribution in [3.8, 4) is 34.0 Å². The molecular formula is C30H25N3O5S. The van der Waals surface area contributed by atoms with Crippen LogP contribution in [0.25, 0.3) is 33.4 Å². The lowest BCUT2D eigenvalue weighted by Gasteiger charge is -2.10. The zero-order valence-electron chi connectivity index (χ0n) is 21.6. The summed E-state index contributed by atoms with van der Waals surface area (Å²) >= 11 is 1.27. The minimum absolute atomic E-state index is 0.342. The van der Waals surface area contributed by atoms with Crippen LogP contribution < -0.4 is 14.8 Å². The number of methoxy groups -OCH3 is 2. The Kier molecular flexibility index (Phi) is 7.51. The molecule has 0 aliphatic carbocycles. The summed E-state index contributed by atoms with van der Waals surface area (Å²) in [6.45, 7) is 1.55. The molecule has 0 spiro atoms. The van der Waals surface area contributed by atoms with E-state index in [9.17, 15) is 9.59 Å². The maximum Gasteiger partial charge on any atom is 0.339 e. The number of fused-ring (bicyclic) bond motifs is 1. The van der Waals surface area contributed by atoms with Crippen molar-refractivity contribution >= 4 is 39.2 Å². The number of ether oxygens (including phenoxy) is 3. The van der Waals surface area contributed by atoms with E-state index in [0.717, 1.165) is 16.7 Å². The fourth-order valence-electron chi connectivity index (χ4n) is 4.04. The number of aromatic nitrogens is 2. The number of aryl methyl sites for hydroxylation is 1. The van der Waals surface area contributed by atoms with Crippen LogP contribution in [0.1, 0.15) is 15.9 Å². The number of benzene rings is 3. The van der Waals surface area contributed by atoms with Crippen LogP contribution >= 0.6 is 11.3 Å². The zero-order chi connectivity index (χ0) is 27.4. The molecule has 1 amide bonds. The molecule has 0 bridgehead atoms. The second-order valence-corrected chi connectivity index (χ2v) is 9.53. The van der Waals surface area contributed by atoms with Gasteiger partial charge in [-0.25, -0.2) is 14.8 Å². The van der Waals surface area contributed by atoms with E-state index in [2.05, 4.69) is 10.3 Å². The van der Waals surface area contributed by atoms with Gasteiger partial charge in [0, 0.05) is 21.9 Å². The zero-order valence-corrected chi connectivity index (χ0v) is 22.4. The number of thiazole rings is 1. The molecule has 9 heteroatoms. The van der Waals surface area contributed by atoms with E-state index in [-0.39, 0.29) is 0 Å². The van der Waals surface area contributed by atoms with Crippen LogP contribution in [0, 0.1) is 6.92 Å². The smallest absolute Gasteiger partial charge is 0.339 e. The van der Waals surface area contributed by atoms with Gasteiger partial charge in [0.2, 0.25) is 0 Å². The fourth-order valence-corrected chi connectivity index (χ4v) is 4.78. The number of esters is 1. The number of nitrogens with one attached hydrogen (secondary N) is 1. The predicted octanol–water partition coefficient (Wildman–Crippen LogP) is 6.15. The van der Waals surface area contributed by atoms with Crippen molar-refractivity contribution < 1.29 is 23.8 Å². The van der Waals surface area contributed by atoms with Crippen molar-refractivity contribution in [2.45, 2.75) is 6.92 Å². The molecule has 0 fully saturated rings. The number of amides is 1. The van der Waals surface area contributed by atoms with Gasteiger partial charge in [-0.05, 0) is 37.3 Å². The molecule has 0 unspecified atom stereocenters. The Bertz CT molecular complexity index is 1660. The van der Waals surface area contributed by atoms with Gasteiger partial charge in [-0.1, -0.05) is 48.0 Å². The molecule has 8 nitrogen and oxygen atoms in total. The fraction of sp³-hybridized carbons (Fsp3) is 0.133. The third-order valence-corrected chi connectivity index (χ3v) is 6.81. The first-order valence-electron chi connectivity index (χ1n) is 12.1. The monoisotopic (exact) mass is 539 g/mol. The number of pyridine rings is 1. The molecule has 5 rings (SSSR count). The van der Waals surface area contributed by atoms with Crippen LogP contribution in [0.2, 0.25) is 0 Å². The van der Waals surface area contributed by atoms with Crippen LogP contribution in [0.15, 0.2) is 78.2 Å². The minimum Gasteiger partial charge on any atom is -0.493 e. The van der Waals surface area contributed by atoms with E-state index in [1.54, 1.807) is 26.4 Å². The number of carbonyl (C=O) groups excluding carboxylic acids is 2. The predicted molar refractivity (Wildman–Crippen MR) is 151 cm³/mol. The molecule has 5 aromatic rings. The van der Waals surface area contributed by atoms with Crippen LogP contribution in [0.3, 0.4) is 0 Å². The topological polar surface area (TPSA) is 99.6 Å². The largest absolute Gasteiger partial charge is 0.493 e. The van der Waals surface area contributed by atoms with Crippen molar-refractivity contribution in [2.75, 3.05) is 26.1 Å². The Morgan fingerprint density at radius 1 is 0.846 bits per heavy atom. The number of anilines is 1. The average molecular weight is 540 g/mol. The second-order valence-electron chi connectivity index (χ2n) is 8.67. The van der Waals surface area contributed by atoms with Crippen LogP contribution in [-0.2, 0) is 9.53 Å². The molecule has 0 atom stereocenters. The summed E-state index contributed by atoms with van der Waals surface area (Å²) in [6.07, 6.45) is 0. The summed E-state index contributed by atoms with van der Waals surface area (Å²) in [7, 11) is 3.13. The van der Waals surface area contributed by atoms with E-state index >= 15 is 0 Å². The summed E-state index contributed by atoms with van der Waals surface area (Å²) in [6, 6.07) is 22.4. The van der Waals surface area contributed by atoms with Crippen molar-refractivity contribution in [1.29, 1.82) is 0 Å². The molecule has 2 heterocycles. The molecular weight excluding hydrogens is 514 g/mol. The maximum absolute atomic E-state index is 13.1. The Labute approximate surface area is 229 Å². The highest BCUT2D eigenvalue weighted by atomic mass is 32.1. The van der Waals surface area contributed by atoms with Crippen molar-refractivity contribution in [1.82, 2.24) is 9.97 Å². The molecule has 0 aliphatic rings. The number of carbonyl (C=O) groups is 2. The van der Waals surface area contributed by atoms with Gasteiger partial charge in [0.1, 0.15) is 0 Å². The van der Waals surface area contributed by atoms with Crippen molar-refractivity contribution in [3.63, 3.8) is 0 Å². The quantitative estimate of drug-likeness (QED) is 0.236. The Morgan fingerprint density at radius 2 is 1.59 bits per heavy atom. The van der Waals surface area contributed by atoms with E-state index in [1.807, 2.05) is 73.0 Å². The summed E-state index contributed by atoms with van der Waals surface area (Å²) in [5.74, 6) is 0.0883. The second kappa shape index (κ2) is 11.3. The third-order valence-electron chi connectivity index (χ3n) is 6.05. The molecule has 39 heavy (non-hydrogen) atoms. The molecule has 0 saturated heterocycles. The van der Waals surface area contributed by atoms with Gasteiger partial charge in [-0.3, -0.25) is 10.1 Å². The summed E-state index contributed by atoms with van der Waals surface area (Å²) in [5, 5.41) is 5.55. The summed E-state index contributed by atoms with van der Waals surface area (Å²) in [4.78, 5) is 34.9. The number of rotatable bonds is 8. The number of para-hydroxylation sites is 1. The van der Waals surface area contributed by atoms with Gasteiger partial charge < -0.3 is 14.2 Å². The van der Waals surface area contributed by atoms with Gasteiger partial charge >= 0.3 is 5.97 Å². The van der Waals surface area contributed by atoms with E-state index in [1.165, 1.54) is 11.3 Å². The highest BCUT2D eigenvalue weighted by molar-refractivity contribution is 7.14. The summed E-state index contributed by atoms with van der Waals surface area (Å²) in [5.41, 5.74) is 5.14. The van der Waals surface area contributed by atoms with Crippen LogP contribution in [-0.4, -0.2) is 42.7 Å². The highest BCUT2D eigenvalue weighted by Crippen LogP contribution is 2.33. The van der Waals surface area contributed by atoms with Gasteiger partial charge in [0.05, 0.1) is 36.7 Å². The molecule has 2 aromatic heterocycles. The Hall–Kier alpha value is -4.76. The lowest BCUT2D eigenvalue weighted by molar-refractivity contribution is -0.119. The maximum atomic E-state index is 13.1. The number of nitrogens with zero attached hydrogens (tertiary/aromatic N) is 2. The van der Waals surface area contributed by atoms with E-state index in [4.69, 9.17) is 19.2 Å². The van der Waals surface area contributed by atoms with Gasteiger partial charge in [-0.2, -0.15) is 0 Å². The standard InChI is InChI=1S/C30H25N3O5S/c1-18-8-10-19(11-9-18)24-15-22(21-6-4-5-7-23(21)31-24)29(35)38-16-28(34)33-30-32-25(17-39-30)20-12-13-26(36-2)27(14-20)37-3/h4-15,17H,16H2,1-3H3,(H,32,33,34). The van der Waals surface area contributed by atoms with Crippen molar-refractivity contribution in [3.05, 3.63) is 89.3 Å². The van der Waals surface area contributed by atoms with Crippen LogP contribution in [0.4, 0.5) is 5.13 Å². The van der Waals surface area contributed by atoms with Crippen molar-refractivity contribution in [2.24, 2.45) is 0 Å². The first-order valence-corrected chi connectivity index (χ1v) is 12.9. The highest BCUT2D eigenvalue weighted by Gasteiger charge is 2.17. The Morgan fingerprint density at radius 3 is 2.36 bits per heavy atom. The summed E-state index contributed by atoms with van der Waals surface area (Å²) < 4.78 is 16.0. The van der Waals surface area contributed by atoms with Crippen LogP contribution in [0.5, 0.6) is 11.5 Å². The van der Waals surface area contributed by atoms with Gasteiger partial charge in [0.25, 0.3) is 5.91 Å². The van der Waals surface area contributed by atoms with Gasteiger partial charge in [-0.15, -0.1) is 11.3 Å². The lowest BCUT2D eigenvalue weighted by atomic mass is 10.0. The third kappa shape index (κ3) is 5.73. The van der Waals surface area contributed by atoms with E-state index < -0.39 is 18.5 Å². The first-order chi connectivity index (χ1) is 18.9. The normalized spacial score (nSPS) is 10.7. The SMILES string of the molecule is COc1ccc(-c2csc(NC(=O)COC(=O)c3cc(-c4ccc(C)cc4)nc4ccccc34)n2)cc1OC. The van der Waals surface area contributed by atoms with E-state index in [0.29, 0.717) is 44.5 Å². The lowest BCUT2D eigenvalue weighted by Crippen LogP contribution is -2.21. The molecule has 3 aromatic carbocycles.